The Bertz CT molecular complexity index is 213. The Hall–Kier alpha value is -0.850. The van der Waals surface area contributed by atoms with Gasteiger partial charge in [-0.3, -0.25) is 0 Å². The molecule has 108 valence electrons. The molecule has 0 rings (SSSR count). The number of amides is 2. The van der Waals surface area contributed by atoms with E-state index in [4.69, 9.17) is 4.74 Å². The van der Waals surface area contributed by atoms with E-state index in [1.165, 1.54) is 4.90 Å². The van der Waals surface area contributed by atoms with Gasteiger partial charge in [0.05, 0.1) is 12.7 Å². The normalized spacial score (nSPS) is 12.2. The van der Waals surface area contributed by atoms with E-state index in [1.54, 1.807) is 14.1 Å². The lowest BCUT2D eigenvalue weighted by molar-refractivity contribution is 0.0361. The SMILES string of the molecule is CCCCOCC(O)CNCCNC(=O)N(C)C. The molecule has 3 N–H and O–H groups in total. The van der Waals surface area contributed by atoms with E-state index >= 15 is 0 Å². The van der Waals surface area contributed by atoms with Crippen LogP contribution in [0.25, 0.3) is 0 Å². The quantitative estimate of drug-likeness (QED) is 0.485. The number of aliphatic hydroxyl groups excluding tert-OH is 1. The van der Waals surface area contributed by atoms with Gasteiger partial charge in [-0.25, -0.2) is 4.79 Å². The van der Waals surface area contributed by atoms with Gasteiger partial charge in [-0.15, -0.1) is 0 Å². The molecule has 6 heteroatoms. The number of unbranched alkanes of at least 4 members (excludes halogenated alkanes) is 1. The monoisotopic (exact) mass is 261 g/mol. The van der Waals surface area contributed by atoms with Gasteiger partial charge in [0.2, 0.25) is 0 Å². The molecule has 1 atom stereocenters. The van der Waals surface area contributed by atoms with Crippen molar-refractivity contribution in [2.75, 3.05) is 46.9 Å². The molecule has 1 unspecified atom stereocenters. The Kier molecular flexibility index (Phi) is 10.7. The zero-order valence-electron chi connectivity index (χ0n) is 11.7. The van der Waals surface area contributed by atoms with Crippen molar-refractivity contribution >= 4 is 6.03 Å². The molecule has 0 spiro atoms. The fourth-order valence-corrected chi connectivity index (χ4v) is 1.21. The van der Waals surface area contributed by atoms with Crippen LogP contribution in [0.1, 0.15) is 19.8 Å². The fraction of sp³-hybridized carbons (Fsp3) is 0.917. The lowest BCUT2D eigenvalue weighted by Crippen LogP contribution is -2.40. The van der Waals surface area contributed by atoms with Crippen LogP contribution in [-0.2, 0) is 4.74 Å². The first-order valence-corrected chi connectivity index (χ1v) is 6.49. The van der Waals surface area contributed by atoms with Gasteiger partial charge >= 0.3 is 6.03 Å². The minimum Gasteiger partial charge on any atom is -0.389 e. The van der Waals surface area contributed by atoms with E-state index in [-0.39, 0.29) is 6.03 Å². The molecule has 2 amide bonds. The topological polar surface area (TPSA) is 73.8 Å². The van der Waals surface area contributed by atoms with Crippen molar-refractivity contribution in [1.29, 1.82) is 0 Å². The van der Waals surface area contributed by atoms with Crippen LogP contribution in [0.15, 0.2) is 0 Å². The molecule has 0 fully saturated rings. The summed E-state index contributed by atoms with van der Waals surface area (Å²) in [5, 5.41) is 15.3. The molecule has 0 radical (unpaired) electrons. The van der Waals surface area contributed by atoms with Crippen LogP contribution in [0.3, 0.4) is 0 Å². The lowest BCUT2D eigenvalue weighted by atomic mass is 10.3. The van der Waals surface area contributed by atoms with Crippen molar-refractivity contribution in [3.63, 3.8) is 0 Å². The highest BCUT2D eigenvalue weighted by molar-refractivity contribution is 5.73. The van der Waals surface area contributed by atoms with Gasteiger partial charge in [0.25, 0.3) is 0 Å². The first kappa shape index (κ1) is 17.2. The molecule has 0 aliphatic rings. The van der Waals surface area contributed by atoms with E-state index in [9.17, 15) is 9.90 Å². The molecule has 18 heavy (non-hydrogen) atoms. The zero-order valence-corrected chi connectivity index (χ0v) is 11.7. The van der Waals surface area contributed by atoms with E-state index < -0.39 is 6.10 Å². The van der Waals surface area contributed by atoms with Crippen LogP contribution in [0.5, 0.6) is 0 Å². The third-order valence-electron chi connectivity index (χ3n) is 2.32. The van der Waals surface area contributed by atoms with Crippen LogP contribution in [0, 0.1) is 0 Å². The maximum Gasteiger partial charge on any atom is 0.316 e. The molecular formula is C12H27N3O3. The number of carbonyl (C=O) groups excluding carboxylic acids is 1. The van der Waals surface area contributed by atoms with Gasteiger partial charge in [0.1, 0.15) is 0 Å². The number of nitrogens with one attached hydrogen (secondary N) is 2. The molecule has 0 aliphatic heterocycles. The molecule has 6 nitrogen and oxygen atoms in total. The second kappa shape index (κ2) is 11.3. The summed E-state index contributed by atoms with van der Waals surface area (Å²) in [5.74, 6) is 0. The number of hydrogen-bond acceptors (Lipinski definition) is 4. The molecular weight excluding hydrogens is 234 g/mol. The molecule has 0 heterocycles. The van der Waals surface area contributed by atoms with Gasteiger partial charge in [0.15, 0.2) is 0 Å². The van der Waals surface area contributed by atoms with Crippen molar-refractivity contribution in [2.24, 2.45) is 0 Å². The van der Waals surface area contributed by atoms with E-state index in [0.717, 1.165) is 12.8 Å². The molecule has 0 saturated heterocycles. The van der Waals surface area contributed by atoms with E-state index in [2.05, 4.69) is 17.6 Å². The summed E-state index contributed by atoms with van der Waals surface area (Å²) in [6.45, 7) is 4.81. The van der Waals surface area contributed by atoms with Gasteiger partial charge in [-0.05, 0) is 6.42 Å². The van der Waals surface area contributed by atoms with Crippen molar-refractivity contribution in [2.45, 2.75) is 25.9 Å². The Morgan fingerprint density at radius 1 is 1.39 bits per heavy atom. The number of rotatable bonds is 10. The first-order valence-electron chi connectivity index (χ1n) is 6.49. The van der Waals surface area contributed by atoms with Crippen molar-refractivity contribution in [1.82, 2.24) is 15.5 Å². The average Bonchev–Trinajstić information content (AvgIpc) is 2.33. The Morgan fingerprint density at radius 2 is 2.11 bits per heavy atom. The number of urea groups is 1. The summed E-state index contributed by atoms with van der Waals surface area (Å²) in [6, 6.07) is -0.111. The number of hydrogen-bond donors (Lipinski definition) is 3. The summed E-state index contributed by atoms with van der Waals surface area (Å²) in [6.07, 6.45) is 1.63. The first-order chi connectivity index (χ1) is 8.57. The minimum atomic E-state index is -0.494. The summed E-state index contributed by atoms with van der Waals surface area (Å²) >= 11 is 0. The Morgan fingerprint density at radius 3 is 2.72 bits per heavy atom. The minimum absolute atomic E-state index is 0.111. The second-order valence-corrected chi connectivity index (χ2v) is 4.41. The predicted molar refractivity (Wildman–Crippen MR) is 71.7 cm³/mol. The fourth-order valence-electron chi connectivity index (χ4n) is 1.21. The van der Waals surface area contributed by atoms with Crippen molar-refractivity contribution < 1.29 is 14.6 Å². The highest BCUT2D eigenvalue weighted by Crippen LogP contribution is 1.90. The zero-order chi connectivity index (χ0) is 13.8. The molecule has 0 aromatic rings. The van der Waals surface area contributed by atoms with Crippen molar-refractivity contribution in [3.05, 3.63) is 0 Å². The average molecular weight is 261 g/mol. The van der Waals surface area contributed by atoms with E-state index in [1.807, 2.05) is 0 Å². The molecule has 0 bridgehead atoms. The summed E-state index contributed by atoms with van der Waals surface area (Å²) < 4.78 is 5.30. The van der Waals surface area contributed by atoms with Crippen LogP contribution in [-0.4, -0.2) is 69.1 Å². The van der Waals surface area contributed by atoms with Gasteiger partial charge in [-0.1, -0.05) is 13.3 Å². The van der Waals surface area contributed by atoms with Crippen LogP contribution in [0.4, 0.5) is 4.79 Å². The molecule has 0 aromatic carbocycles. The van der Waals surface area contributed by atoms with Gasteiger partial charge in [0, 0.05) is 40.3 Å². The number of ether oxygens (including phenoxy) is 1. The second-order valence-electron chi connectivity index (χ2n) is 4.41. The lowest BCUT2D eigenvalue weighted by Gasteiger charge is -2.14. The number of carbonyl (C=O) groups is 1. The predicted octanol–water partition coefficient (Wildman–Crippen LogP) is 0.0248. The third-order valence-corrected chi connectivity index (χ3v) is 2.32. The smallest absolute Gasteiger partial charge is 0.316 e. The summed E-state index contributed by atoms with van der Waals surface area (Å²) in [5.41, 5.74) is 0. The summed E-state index contributed by atoms with van der Waals surface area (Å²) in [4.78, 5) is 12.6. The summed E-state index contributed by atoms with van der Waals surface area (Å²) in [7, 11) is 3.39. The molecule has 0 saturated carbocycles. The highest BCUT2D eigenvalue weighted by Gasteiger charge is 2.04. The van der Waals surface area contributed by atoms with E-state index in [0.29, 0.717) is 32.8 Å². The van der Waals surface area contributed by atoms with Crippen molar-refractivity contribution in [3.8, 4) is 0 Å². The Labute approximate surface area is 110 Å². The van der Waals surface area contributed by atoms with Gasteiger partial charge < -0.3 is 25.4 Å². The largest absolute Gasteiger partial charge is 0.389 e. The maximum absolute atomic E-state index is 11.2. The number of aliphatic hydroxyl groups is 1. The van der Waals surface area contributed by atoms with Gasteiger partial charge in [-0.2, -0.15) is 0 Å². The highest BCUT2D eigenvalue weighted by atomic mass is 16.5. The van der Waals surface area contributed by atoms with Crippen LogP contribution >= 0.6 is 0 Å². The van der Waals surface area contributed by atoms with Crippen LogP contribution in [0.2, 0.25) is 0 Å². The molecule has 0 aliphatic carbocycles. The third kappa shape index (κ3) is 10.3. The Balaban J connectivity index is 3.29. The van der Waals surface area contributed by atoms with Crippen LogP contribution < -0.4 is 10.6 Å². The molecule has 0 aromatic heterocycles. The maximum atomic E-state index is 11.2. The standard InChI is InChI=1S/C12H27N3O3/c1-4-5-8-18-10-11(16)9-13-6-7-14-12(17)15(2)3/h11,13,16H,4-10H2,1-3H3,(H,14,17). The number of nitrogens with zero attached hydrogens (tertiary/aromatic N) is 1.